The van der Waals surface area contributed by atoms with Gasteiger partial charge in [0.2, 0.25) is 0 Å². The van der Waals surface area contributed by atoms with Crippen molar-refractivity contribution in [2.75, 3.05) is 0 Å². The third-order valence-electron chi connectivity index (χ3n) is 2.50. The molecule has 1 aromatic heterocycles. The van der Waals surface area contributed by atoms with Gasteiger partial charge in [-0.1, -0.05) is 29.3 Å². The molecular formula is C14H11Cl2NOS. The number of aromatic nitrogens is 1. The van der Waals surface area contributed by atoms with Crippen LogP contribution in [0.1, 0.15) is 22.8 Å². The summed E-state index contributed by atoms with van der Waals surface area (Å²) < 4.78 is 0. The van der Waals surface area contributed by atoms with Crippen LogP contribution in [0.3, 0.4) is 0 Å². The van der Waals surface area contributed by atoms with Crippen molar-refractivity contribution in [2.24, 2.45) is 0 Å². The van der Waals surface area contributed by atoms with Crippen molar-refractivity contribution in [2.45, 2.75) is 17.6 Å². The number of rotatable bonds is 4. The van der Waals surface area contributed by atoms with Crippen LogP contribution in [0.25, 0.3) is 0 Å². The first-order valence-corrected chi connectivity index (χ1v) is 7.34. The maximum absolute atomic E-state index is 11.3. The lowest BCUT2D eigenvalue weighted by molar-refractivity contribution is 0.101. The fourth-order valence-corrected chi connectivity index (χ4v) is 3.14. The normalized spacial score (nSPS) is 10.5. The Kier molecular flexibility index (Phi) is 4.86. The molecular weight excluding hydrogens is 301 g/mol. The molecule has 0 saturated carbocycles. The minimum absolute atomic E-state index is 0.00938. The van der Waals surface area contributed by atoms with Crippen molar-refractivity contribution >= 4 is 40.7 Å². The molecule has 0 aliphatic heterocycles. The van der Waals surface area contributed by atoms with Gasteiger partial charge >= 0.3 is 0 Å². The van der Waals surface area contributed by atoms with Gasteiger partial charge in [-0.2, -0.15) is 0 Å². The second-order valence-electron chi connectivity index (χ2n) is 3.98. The number of hydrogen-bond donors (Lipinski definition) is 0. The molecule has 0 atom stereocenters. The molecule has 0 bridgehead atoms. The molecule has 98 valence electrons. The van der Waals surface area contributed by atoms with E-state index >= 15 is 0 Å². The van der Waals surface area contributed by atoms with E-state index < -0.39 is 0 Å². The van der Waals surface area contributed by atoms with E-state index in [-0.39, 0.29) is 5.78 Å². The fourth-order valence-electron chi connectivity index (χ4n) is 1.53. The fraction of sp³-hybridized carbons (Fsp3) is 0.143. The van der Waals surface area contributed by atoms with E-state index in [9.17, 15) is 4.79 Å². The number of ketones is 1. The summed E-state index contributed by atoms with van der Waals surface area (Å²) in [4.78, 5) is 16.2. The summed E-state index contributed by atoms with van der Waals surface area (Å²) in [5.74, 6) is 0.674. The summed E-state index contributed by atoms with van der Waals surface area (Å²) in [5.41, 5.74) is 1.58. The molecule has 0 aliphatic carbocycles. The number of hydrogen-bond acceptors (Lipinski definition) is 3. The summed E-state index contributed by atoms with van der Waals surface area (Å²) in [6.45, 7) is 1.53. The van der Waals surface area contributed by atoms with E-state index in [1.807, 2.05) is 12.1 Å². The molecule has 0 aliphatic rings. The predicted octanol–water partition coefficient (Wildman–Crippen LogP) is 4.88. The van der Waals surface area contributed by atoms with Gasteiger partial charge in [0.15, 0.2) is 5.78 Å². The molecule has 0 fully saturated rings. The van der Waals surface area contributed by atoms with E-state index in [1.165, 1.54) is 18.7 Å². The van der Waals surface area contributed by atoms with Crippen LogP contribution < -0.4 is 0 Å². The van der Waals surface area contributed by atoms with Crippen LogP contribution in [0.2, 0.25) is 10.0 Å². The van der Waals surface area contributed by atoms with Crippen LogP contribution in [0.15, 0.2) is 41.6 Å². The number of carbonyl (C=O) groups excluding carboxylic acids is 1. The van der Waals surface area contributed by atoms with Gasteiger partial charge in [-0.15, -0.1) is 11.8 Å². The van der Waals surface area contributed by atoms with Gasteiger partial charge in [0.25, 0.3) is 0 Å². The van der Waals surface area contributed by atoms with E-state index in [0.29, 0.717) is 21.4 Å². The first kappa shape index (κ1) is 14.4. The third kappa shape index (κ3) is 3.72. The highest BCUT2D eigenvalue weighted by Gasteiger charge is 2.07. The molecule has 2 rings (SSSR count). The molecule has 2 nitrogen and oxygen atoms in total. The second-order valence-corrected chi connectivity index (χ2v) is 5.78. The van der Waals surface area contributed by atoms with Gasteiger partial charge < -0.3 is 0 Å². The van der Waals surface area contributed by atoms with Crippen molar-refractivity contribution in [3.05, 3.63) is 57.8 Å². The highest BCUT2D eigenvalue weighted by atomic mass is 35.5. The average Bonchev–Trinajstić information content (AvgIpc) is 2.38. The van der Waals surface area contributed by atoms with Crippen LogP contribution in [-0.2, 0) is 5.75 Å². The molecule has 19 heavy (non-hydrogen) atoms. The average molecular weight is 312 g/mol. The number of Topliss-reactive ketones (excluding diaryl/α,β-unsaturated/α-hetero) is 1. The minimum atomic E-state index is 0.00938. The van der Waals surface area contributed by atoms with E-state index in [4.69, 9.17) is 23.2 Å². The van der Waals surface area contributed by atoms with E-state index in [2.05, 4.69) is 4.98 Å². The number of nitrogens with zero attached hydrogens (tertiary/aromatic N) is 1. The zero-order valence-corrected chi connectivity index (χ0v) is 12.5. The van der Waals surface area contributed by atoms with Gasteiger partial charge in [0, 0.05) is 28.6 Å². The Morgan fingerprint density at radius 1 is 1.26 bits per heavy atom. The summed E-state index contributed by atoms with van der Waals surface area (Å²) in [6.07, 6.45) is 3.31. The van der Waals surface area contributed by atoms with Gasteiger partial charge in [0.1, 0.15) is 0 Å². The topological polar surface area (TPSA) is 30.0 Å². The first-order valence-electron chi connectivity index (χ1n) is 5.59. The Bertz CT molecular complexity index is 596. The van der Waals surface area contributed by atoms with Crippen LogP contribution in [0, 0.1) is 0 Å². The smallest absolute Gasteiger partial charge is 0.161 e. The number of thioether (sulfide) groups is 1. The second kappa shape index (κ2) is 6.42. The van der Waals surface area contributed by atoms with Crippen LogP contribution in [-0.4, -0.2) is 10.8 Å². The maximum atomic E-state index is 11.3. The highest BCUT2D eigenvalue weighted by molar-refractivity contribution is 7.98. The van der Waals surface area contributed by atoms with Crippen molar-refractivity contribution in [1.29, 1.82) is 0 Å². The summed E-state index contributed by atoms with van der Waals surface area (Å²) in [6, 6.07) is 7.26. The van der Waals surface area contributed by atoms with Crippen LogP contribution >= 0.6 is 35.0 Å². The molecule has 0 unspecified atom stereocenters. The number of pyridine rings is 1. The van der Waals surface area contributed by atoms with Crippen molar-refractivity contribution < 1.29 is 4.79 Å². The summed E-state index contributed by atoms with van der Waals surface area (Å²) in [7, 11) is 0. The number of benzene rings is 1. The summed E-state index contributed by atoms with van der Waals surface area (Å²) in [5, 5.41) is 1.27. The van der Waals surface area contributed by atoms with E-state index in [0.717, 1.165) is 10.5 Å². The van der Waals surface area contributed by atoms with Gasteiger partial charge in [-0.25, -0.2) is 0 Å². The van der Waals surface area contributed by atoms with Gasteiger partial charge in [0.05, 0.1) is 10.0 Å². The summed E-state index contributed by atoms with van der Waals surface area (Å²) >= 11 is 13.7. The zero-order valence-electron chi connectivity index (χ0n) is 10.2. The molecule has 0 amide bonds. The quantitative estimate of drug-likeness (QED) is 0.595. The Hall–Kier alpha value is -1.03. The molecule has 1 heterocycles. The largest absolute Gasteiger partial charge is 0.294 e. The molecule has 2 aromatic rings. The number of halogens is 2. The Morgan fingerprint density at radius 3 is 2.58 bits per heavy atom. The van der Waals surface area contributed by atoms with Gasteiger partial charge in [-0.3, -0.25) is 9.78 Å². The predicted molar refractivity (Wildman–Crippen MR) is 80.3 cm³/mol. The zero-order chi connectivity index (χ0) is 13.8. The Balaban J connectivity index is 2.15. The lowest BCUT2D eigenvalue weighted by Gasteiger charge is -2.06. The Morgan fingerprint density at radius 2 is 1.95 bits per heavy atom. The first-order chi connectivity index (χ1) is 9.08. The molecule has 0 radical (unpaired) electrons. The SMILES string of the molecule is CC(=O)c1cncc(CSc2c(Cl)cccc2Cl)c1. The monoisotopic (exact) mass is 311 g/mol. The standard InChI is InChI=1S/C14H11Cl2NOS/c1-9(18)11-5-10(6-17-7-11)8-19-14-12(15)3-2-4-13(14)16/h2-7H,8H2,1H3. The molecule has 0 N–H and O–H groups in total. The lowest BCUT2D eigenvalue weighted by Crippen LogP contribution is -1.95. The van der Waals surface area contributed by atoms with Gasteiger partial charge in [-0.05, 0) is 30.7 Å². The van der Waals surface area contributed by atoms with Crippen LogP contribution in [0.4, 0.5) is 0 Å². The van der Waals surface area contributed by atoms with Crippen molar-refractivity contribution in [1.82, 2.24) is 4.98 Å². The maximum Gasteiger partial charge on any atom is 0.161 e. The lowest BCUT2D eigenvalue weighted by atomic mass is 10.2. The molecule has 1 aromatic carbocycles. The van der Waals surface area contributed by atoms with Crippen molar-refractivity contribution in [3.8, 4) is 0 Å². The minimum Gasteiger partial charge on any atom is -0.294 e. The van der Waals surface area contributed by atoms with Crippen molar-refractivity contribution in [3.63, 3.8) is 0 Å². The molecule has 5 heteroatoms. The highest BCUT2D eigenvalue weighted by Crippen LogP contribution is 2.35. The van der Waals surface area contributed by atoms with E-state index in [1.54, 1.807) is 24.5 Å². The molecule has 0 spiro atoms. The number of carbonyl (C=O) groups is 1. The molecule has 0 saturated heterocycles. The Labute approximate surface area is 126 Å². The third-order valence-corrected chi connectivity index (χ3v) is 4.56. The van der Waals surface area contributed by atoms with Crippen LogP contribution in [0.5, 0.6) is 0 Å².